The Morgan fingerprint density at radius 3 is 2.88 bits per heavy atom. The molecule has 2 fully saturated rings. The summed E-state index contributed by atoms with van der Waals surface area (Å²) in [4.78, 5) is 26.7. The predicted octanol–water partition coefficient (Wildman–Crippen LogP) is 0.302. The molecule has 0 saturated carbocycles. The van der Waals surface area contributed by atoms with Gasteiger partial charge >= 0.3 is 12.1 Å². The van der Waals surface area contributed by atoms with Crippen LogP contribution in [0.5, 0.6) is 6.01 Å². The number of likely N-dealkylation sites (tertiary alicyclic amines) is 1. The fraction of sp³-hybridized carbons (Fsp3) is 0.714. The summed E-state index contributed by atoms with van der Waals surface area (Å²) in [6.07, 6.45) is 1.07. The lowest BCUT2D eigenvalue weighted by atomic mass is 10.0. The van der Waals surface area contributed by atoms with Gasteiger partial charge in [0.15, 0.2) is 0 Å². The smallest absolute Gasteiger partial charge is 0.407 e. The Labute approximate surface area is 187 Å². The number of hydrogen-bond acceptors (Lipinski definition) is 9. The van der Waals surface area contributed by atoms with Crippen molar-refractivity contribution in [1.29, 1.82) is 5.26 Å². The summed E-state index contributed by atoms with van der Waals surface area (Å²) in [7, 11) is 3.80. The van der Waals surface area contributed by atoms with Crippen LogP contribution in [0.2, 0.25) is 0 Å². The third-order valence-electron chi connectivity index (χ3n) is 6.64. The molecule has 11 heteroatoms. The number of amides is 1. The Morgan fingerprint density at radius 2 is 2.16 bits per heavy atom. The second-order valence-corrected chi connectivity index (χ2v) is 8.62. The van der Waals surface area contributed by atoms with Gasteiger partial charge < -0.3 is 29.7 Å². The summed E-state index contributed by atoms with van der Waals surface area (Å²) in [6.45, 7) is 4.12. The number of nitrogens with zero attached hydrogens (tertiary/aromatic N) is 6. The topological polar surface area (TPSA) is 127 Å². The number of aromatic nitrogens is 2. The number of carboxylic acid groups (broad SMARTS) is 1. The second kappa shape index (κ2) is 9.85. The number of rotatable bonds is 6. The monoisotopic (exact) mass is 445 g/mol. The van der Waals surface area contributed by atoms with Crippen LogP contribution in [0.15, 0.2) is 0 Å². The van der Waals surface area contributed by atoms with E-state index >= 15 is 0 Å². The highest BCUT2D eigenvalue weighted by molar-refractivity contribution is 5.66. The number of nitrogens with one attached hydrogen (secondary N) is 1. The lowest BCUT2D eigenvalue weighted by molar-refractivity contribution is 0.111. The molecule has 1 aromatic heterocycles. The molecule has 0 bridgehead atoms. The number of hydrogen-bond donors (Lipinski definition) is 2. The van der Waals surface area contributed by atoms with Crippen LogP contribution in [0.3, 0.4) is 0 Å². The molecule has 0 aromatic carbocycles. The Morgan fingerprint density at radius 1 is 1.31 bits per heavy atom. The van der Waals surface area contributed by atoms with Gasteiger partial charge in [0.05, 0.1) is 30.3 Å². The van der Waals surface area contributed by atoms with Crippen LogP contribution >= 0.6 is 0 Å². The quantitative estimate of drug-likeness (QED) is 0.631. The first-order valence-corrected chi connectivity index (χ1v) is 11.1. The van der Waals surface area contributed by atoms with E-state index in [2.05, 4.69) is 33.2 Å². The minimum absolute atomic E-state index is 0.148. The number of nitriles is 1. The highest BCUT2D eigenvalue weighted by atomic mass is 16.5. The van der Waals surface area contributed by atoms with E-state index < -0.39 is 6.09 Å². The average Bonchev–Trinajstić information content (AvgIpc) is 3.16. The summed E-state index contributed by atoms with van der Waals surface area (Å²) in [5.41, 5.74) is 2.00. The summed E-state index contributed by atoms with van der Waals surface area (Å²) < 4.78 is 11.5. The molecule has 0 spiro atoms. The Bertz CT molecular complexity index is 876. The van der Waals surface area contributed by atoms with Gasteiger partial charge in [-0.1, -0.05) is 0 Å². The third-order valence-corrected chi connectivity index (χ3v) is 6.64. The lowest BCUT2D eigenvalue weighted by Gasteiger charge is -2.40. The molecular formula is C21H31N7O4. The maximum atomic E-state index is 11.6. The van der Waals surface area contributed by atoms with Gasteiger partial charge in [-0.25, -0.2) is 4.79 Å². The van der Waals surface area contributed by atoms with E-state index in [0.29, 0.717) is 38.8 Å². The molecule has 1 amide bonds. The first-order valence-electron chi connectivity index (χ1n) is 11.1. The van der Waals surface area contributed by atoms with Crippen molar-refractivity contribution in [2.24, 2.45) is 0 Å². The summed E-state index contributed by atoms with van der Waals surface area (Å²) >= 11 is 0. The van der Waals surface area contributed by atoms with E-state index in [1.807, 2.05) is 0 Å². The first kappa shape index (κ1) is 22.5. The fourth-order valence-electron chi connectivity index (χ4n) is 4.79. The number of fused-ring (bicyclic) bond motifs is 1. The van der Waals surface area contributed by atoms with Crippen molar-refractivity contribution in [3.63, 3.8) is 0 Å². The predicted molar refractivity (Wildman–Crippen MR) is 116 cm³/mol. The normalized spacial score (nSPS) is 26.0. The van der Waals surface area contributed by atoms with Crippen molar-refractivity contribution in [2.75, 3.05) is 58.4 Å². The van der Waals surface area contributed by atoms with Crippen LogP contribution in [-0.2, 0) is 17.7 Å². The number of ether oxygens (including phenoxy) is 2. The zero-order chi connectivity index (χ0) is 22.7. The lowest BCUT2D eigenvalue weighted by Crippen LogP contribution is -2.55. The zero-order valence-electron chi connectivity index (χ0n) is 18.7. The Hall–Kier alpha value is -2.68. The van der Waals surface area contributed by atoms with Crippen LogP contribution < -0.4 is 15.0 Å². The van der Waals surface area contributed by atoms with Crippen LogP contribution in [0.1, 0.15) is 24.1 Å². The van der Waals surface area contributed by atoms with E-state index in [0.717, 1.165) is 43.0 Å². The minimum Gasteiger partial charge on any atom is -0.465 e. The SMILES string of the molecule is CO[C@@H]1C[C@@H](COc2nc3c(c(N4CCN(C(=O)O)[C@@H](CC#N)C4)n2)CCNC3)N(C)C1. The molecule has 3 atom stereocenters. The molecule has 4 heterocycles. The molecule has 0 radical (unpaired) electrons. The average molecular weight is 446 g/mol. The fourth-order valence-corrected chi connectivity index (χ4v) is 4.79. The van der Waals surface area contributed by atoms with E-state index in [9.17, 15) is 15.2 Å². The highest BCUT2D eigenvalue weighted by Gasteiger charge is 2.34. The first-order chi connectivity index (χ1) is 15.5. The van der Waals surface area contributed by atoms with Gasteiger partial charge in [-0.15, -0.1) is 0 Å². The molecule has 32 heavy (non-hydrogen) atoms. The minimum atomic E-state index is -0.988. The molecule has 2 N–H and O–H groups in total. The summed E-state index contributed by atoms with van der Waals surface area (Å²) in [5, 5.41) is 22.0. The van der Waals surface area contributed by atoms with E-state index in [4.69, 9.17) is 14.5 Å². The van der Waals surface area contributed by atoms with Gasteiger partial charge in [-0.3, -0.25) is 4.90 Å². The number of carbonyl (C=O) groups is 1. The third kappa shape index (κ3) is 4.72. The van der Waals surface area contributed by atoms with E-state index in [-0.39, 0.29) is 24.6 Å². The van der Waals surface area contributed by atoms with Crippen LogP contribution in [0.4, 0.5) is 10.6 Å². The molecule has 0 aliphatic carbocycles. The van der Waals surface area contributed by atoms with Crippen molar-refractivity contribution in [3.8, 4) is 12.1 Å². The number of methoxy groups -OCH3 is 1. The molecule has 3 aliphatic heterocycles. The van der Waals surface area contributed by atoms with E-state index in [1.54, 1.807) is 7.11 Å². The van der Waals surface area contributed by atoms with Gasteiger partial charge in [0.25, 0.3) is 0 Å². The van der Waals surface area contributed by atoms with Crippen molar-refractivity contribution < 1.29 is 19.4 Å². The van der Waals surface area contributed by atoms with Crippen LogP contribution in [0.25, 0.3) is 0 Å². The van der Waals surface area contributed by atoms with Crippen molar-refractivity contribution in [3.05, 3.63) is 11.3 Å². The molecular weight excluding hydrogens is 414 g/mol. The summed E-state index contributed by atoms with van der Waals surface area (Å²) in [6, 6.07) is 2.31. The van der Waals surface area contributed by atoms with E-state index in [1.165, 1.54) is 4.90 Å². The van der Waals surface area contributed by atoms with Gasteiger partial charge in [0, 0.05) is 51.4 Å². The molecule has 2 saturated heterocycles. The zero-order valence-corrected chi connectivity index (χ0v) is 18.7. The number of likely N-dealkylation sites (N-methyl/N-ethyl adjacent to an activating group) is 1. The van der Waals surface area contributed by atoms with Crippen LogP contribution in [-0.4, -0.2) is 103 Å². The maximum Gasteiger partial charge on any atom is 0.407 e. The summed E-state index contributed by atoms with van der Waals surface area (Å²) in [5.74, 6) is 0.800. The van der Waals surface area contributed by atoms with Gasteiger partial charge in [0.1, 0.15) is 12.4 Å². The van der Waals surface area contributed by atoms with Crippen LogP contribution in [0, 0.1) is 11.3 Å². The highest BCUT2D eigenvalue weighted by Crippen LogP contribution is 2.29. The van der Waals surface area contributed by atoms with Crippen molar-refractivity contribution in [2.45, 2.75) is 44.0 Å². The number of anilines is 1. The van der Waals surface area contributed by atoms with Crippen molar-refractivity contribution >= 4 is 11.9 Å². The molecule has 1 aromatic rings. The van der Waals surface area contributed by atoms with Crippen molar-refractivity contribution in [1.82, 2.24) is 25.1 Å². The van der Waals surface area contributed by atoms with Gasteiger partial charge in [0.2, 0.25) is 0 Å². The largest absolute Gasteiger partial charge is 0.465 e. The molecule has 0 unspecified atom stereocenters. The van der Waals surface area contributed by atoms with Gasteiger partial charge in [-0.05, 0) is 26.4 Å². The second-order valence-electron chi connectivity index (χ2n) is 8.62. The standard InChI is InChI=1S/C21H31N7O4/c1-26-12-16(31-2)9-15(26)13-32-20-24-18-10-23-6-4-17(18)19(25-20)27-7-8-28(21(29)30)14(11-27)3-5-22/h14-16,23H,3-4,6-13H2,1-2H3,(H,29,30)/t14-,15-,16+/m0/s1. The molecule has 174 valence electrons. The molecule has 3 aliphatic rings. The molecule has 4 rings (SSSR count). The van der Waals surface area contributed by atoms with Gasteiger partial charge in [-0.2, -0.15) is 15.2 Å². The Kier molecular flexibility index (Phi) is 6.93. The Balaban J connectivity index is 1.54. The maximum absolute atomic E-state index is 11.6. The number of piperazine rings is 1. The molecule has 11 nitrogen and oxygen atoms in total.